The summed E-state index contributed by atoms with van der Waals surface area (Å²) in [4.78, 5) is 17.0. The molecular formula is C92H65BN6. The maximum Gasteiger partial charge on any atom is 0.252 e. The summed E-state index contributed by atoms with van der Waals surface area (Å²) in [5.41, 5.74) is 29.7. The predicted octanol–water partition coefficient (Wildman–Crippen LogP) is 22.1. The van der Waals surface area contributed by atoms with E-state index >= 15 is 0 Å². The van der Waals surface area contributed by atoms with Crippen molar-refractivity contribution in [3.8, 4) is 78.7 Å². The van der Waals surface area contributed by atoms with Crippen LogP contribution in [0.3, 0.4) is 0 Å². The smallest absolute Gasteiger partial charge is 0.252 e. The summed E-state index contributed by atoms with van der Waals surface area (Å²) in [7, 11) is 0. The van der Waals surface area contributed by atoms with Crippen molar-refractivity contribution in [1.29, 1.82) is 0 Å². The van der Waals surface area contributed by atoms with Crippen molar-refractivity contribution in [2.75, 3.05) is 9.80 Å². The number of hydrogen-bond donors (Lipinski definition) is 0. The summed E-state index contributed by atoms with van der Waals surface area (Å²) in [5.74, 6) is 0. The first-order chi connectivity index (χ1) is 48.8. The predicted molar refractivity (Wildman–Crippen MR) is 416 cm³/mol. The van der Waals surface area contributed by atoms with Crippen molar-refractivity contribution in [3.05, 3.63) is 345 Å². The summed E-state index contributed by atoms with van der Waals surface area (Å²) in [6.45, 7) is 6.75. The van der Waals surface area contributed by atoms with Gasteiger partial charge in [-0.2, -0.15) is 0 Å². The minimum atomic E-state index is -0.333. The summed E-state index contributed by atoms with van der Waals surface area (Å²) in [5, 5.41) is 4.76. The second-order valence-electron chi connectivity index (χ2n) is 27.2. The molecule has 0 saturated heterocycles. The van der Waals surface area contributed by atoms with Crippen LogP contribution in [0.1, 0.15) is 26.3 Å². The SMILES string of the molecule is CC(C)(C)c1cc2c3c(c1)N(c1ccc(-c4ccccc4)cc1)c1c(ccc(-n4c5ccccc5c5ccccc54)c1-c1cccc(-c4ccccc4)n1)B3c1ccc(-n3c4ccccc4c4ccccc43)c(-c3cccc(-c4ccccc4)n3)c1N2c1ccc(-c2ccccc2)cc1. The van der Waals surface area contributed by atoms with Gasteiger partial charge >= 0.3 is 0 Å². The molecule has 0 radical (unpaired) electrons. The van der Waals surface area contributed by atoms with Gasteiger partial charge < -0.3 is 18.9 Å². The highest BCUT2D eigenvalue weighted by molar-refractivity contribution is 7.00. The quantitative estimate of drug-likeness (QED) is 0.128. The number of hydrogen-bond acceptors (Lipinski definition) is 4. The average molecular weight is 1270 g/mol. The van der Waals surface area contributed by atoms with Crippen LogP contribution in [0.5, 0.6) is 0 Å². The summed E-state index contributed by atoms with van der Waals surface area (Å²) < 4.78 is 5.00. The van der Waals surface area contributed by atoms with Crippen LogP contribution in [0.25, 0.3) is 122 Å². The third-order valence-corrected chi connectivity index (χ3v) is 20.5. The molecule has 19 rings (SSSR count). The Labute approximate surface area is 576 Å². The maximum atomic E-state index is 5.87. The Kier molecular flexibility index (Phi) is 13.5. The molecule has 0 atom stereocenters. The van der Waals surface area contributed by atoms with Crippen molar-refractivity contribution in [2.24, 2.45) is 0 Å². The summed E-state index contributed by atoms with van der Waals surface area (Å²) >= 11 is 0. The topological polar surface area (TPSA) is 42.1 Å². The van der Waals surface area contributed by atoms with Gasteiger partial charge in [0.2, 0.25) is 0 Å². The molecule has 0 spiro atoms. The minimum Gasteiger partial charge on any atom is -0.311 e. The molecule has 6 nitrogen and oxygen atoms in total. The van der Waals surface area contributed by atoms with Gasteiger partial charge in [0, 0.05) is 66.5 Å². The minimum absolute atomic E-state index is 0.328. The van der Waals surface area contributed by atoms with Crippen LogP contribution in [0, 0.1) is 0 Å². The molecule has 466 valence electrons. The fourth-order valence-electron chi connectivity index (χ4n) is 15.9. The van der Waals surface area contributed by atoms with Crippen LogP contribution in [0.2, 0.25) is 0 Å². The Hall–Kier alpha value is -12.6. The van der Waals surface area contributed by atoms with E-state index in [9.17, 15) is 0 Å². The molecule has 4 aromatic heterocycles. The normalized spacial score (nSPS) is 12.5. The van der Waals surface area contributed by atoms with E-state index in [4.69, 9.17) is 9.97 Å². The van der Waals surface area contributed by atoms with Crippen LogP contribution >= 0.6 is 0 Å². The fraction of sp³-hybridized carbons (Fsp3) is 0.0435. The molecule has 0 unspecified atom stereocenters. The van der Waals surface area contributed by atoms with Gasteiger partial charge in [-0.3, -0.25) is 0 Å². The third-order valence-electron chi connectivity index (χ3n) is 20.5. The van der Waals surface area contributed by atoms with Crippen molar-refractivity contribution in [2.45, 2.75) is 26.2 Å². The Bertz CT molecular complexity index is 5550. The molecule has 6 heterocycles. The lowest BCUT2D eigenvalue weighted by molar-refractivity contribution is 0.590. The van der Waals surface area contributed by atoms with E-state index in [0.717, 1.165) is 146 Å². The molecule has 2 aliphatic heterocycles. The number of benzene rings is 13. The number of pyridine rings is 2. The molecular weight excluding hydrogens is 1200 g/mol. The van der Waals surface area contributed by atoms with Gasteiger partial charge in [-0.05, 0) is 147 Å². The van der Waals surface area contributed by atoms with Crippen molar-refractivity contribution < 1.29 is 0 Å². The highest BCUT2D eigenvalue weighted by atomic mass is 15.2. The average Bonchev–Trinajstić information content (AvgIpc) is 1.10. The van der Waals surface area contributed by atoms with E-state index < -0.39 is 0 Å². The third kappa shape index (κ3) is 9.41. The van der Waals surface area contributed by atoms with Crippen LogP contribution in [-0.4, -0.2) is 25.8 Å². The molecule has 0 aliphatic carbocycles. The summed E-state index contributed by atoms with van der Waals surface area (Å²) in [6, 6.07) is 125. The second kappa shape index (κ2) is 23.1. The van der Waals surface area contributed by atoms with E-state index in [1.54, 1.807) is 0 Å². The fourth-order valence-corrected chi connectivity index (χ4v) is 15.9. The Morgan fingerprint density at radius 1 is 0.273 bits per heavy atom. The van der Waals surface area contributed by atoms with E-state index in [1.165, 1.54) is 32.6 Å². The maximum absolute atomic E-state index is 5.87. The highest BCUT2D eigenvalue weighted by Crippen LogP contribution is 2.53. The molecule has 0 amide bonds. The first-order valence-electron chi connectivity index (χ1n) is 34.3. The molecule has 0 fully saturated rings. The van der Waals surface area contributed by atoms with Gasteiger partial charge in [-0.1, -0.05) is 263 Å². The number of nitrogens with zero attached hydrogens (tertiary/aromatic N) is 6. The van der Waals surface area contributed by atoms with Gasteiger partial charge in [0.25, 0.3) is 6.71 Å². The Morgan fingerprint density at radius 3 is 0.939 bits per heavy atom. The lowest BCUT2D eigenvalue weighted by Gasteiger charge is -2.46. The van der Waals surface area contributed by atoms with Gasteiger partial charge in [0.05, 0.1) is 67.6 Å². The molecule has 0 bridgehead atoms. The number of para-hydroxylation sites is 4. The van der Waals surface area contributed by atoms with Crippen LogP contribution in [0.4, 0.5) is 34.1 Å². The van der Waals surface area contributed by atoms with Gasteiger partial charge in [-0.25, -0.2) is 9.97 Å². The van der Waals surface area contributed by atoms with Gasteiger partial charge in [0.1, 0.15) is 0 Å². The van der Waals surface area contributed by atoms with Crippen LogP contribution in [-0.2, 0) is 5.41 Å². The van der Waals surface area contributed by atoms with Gasteiger partial charge in [-0.15, -0.1) is 0 Å². The van der Waals surface area contributed by atoms with Gasteiger partial charge in [0.15, 0.2) is 0 Å². The largest absolute Gasteiger partial charge is 0.311 e. The van der Waals surface area contributed by atoms with E-state index in [1.807, 2.05) is 0 Å². The van der Waals surface area contributed by atoms with Crippen LogP contribution < -0.4 is 26.2 Å². The number of aromatic nitrogens is 4. The number of anilines is 6. The van der Waals surface area contributed by atoms with E-state index in [-0.39, 0.29) is 12.1 Å². The molecule has 0 saturated carbocycles. The highest BCUT2D eigenvalue weighted by Gasteiger charge is 2.47. The zero-order chi connectivity index (χ0) is 65.9. The molecule has 7 heteroatoms. The first kappa shape index (κ1) is 57.8. The van der Waals surface area contributed by atoms with E-state index in [2.05, 4.69) is 379 Å². The molecule has 0 N–H and O–H groups in total. The standard InChI is InChI=1S/C92H65BN6/c1-92(2,3)66-58-85-89-86(59-66)97(68-52-48-63(49-53-68)61-28-10-5-11-29-61)91-74(55-57-84(88(91)78-41-25-39-76(95-78)65-32-14-7-15-33-65)99-81-44-22-18-36-71(81)72-37-19-23-45-82(72)99)93(89)73-54-56-83(98-79-42-20-16-34-69(79)70-35-17-21-43-80(70)98)87(77-40-24-38-75(94-77)64-30-12-6-13-31-64)90(73)96(85)67-50-46-62(47-51-67)60-26-8-4-9-27-60/h4-59H,1-3H3. The lowest BCUT2D eigenvalue weighted by atomic mass is 9.33. The number of fused-ring (bicyclic) bond motifs is 10. The molecule has 17 aromatic rings. The lowest BCUT2D eigenvalue weighted by Crippen LogP contribution is -2.61. The zero-order valence-corrected chi connectivity index (χ0v) is 55.1. The molecule has 2 aliphatic rings. The second-order valence-corrected chi connectivity index (χ2v) is 27.2. The Morgan fingerprint density at radius 2 is 0.586 bits per heavy atom. The molecule has 13 aromatic carbocycles. The van der Waals surface area contributed by atoms with Crippen molar-refractivity contribution in [1.82, 2.24) is 19.1 Å². The van der Waals surface area contributed by atoms with Crippen molar-refractivity contribution in [3.63, 3.8) is 0 Å². The molecule has 99 heavy (non-hydrogen) atoms. The van der Waals surface area contributed by atoms with E-state index in [0.29, 0.717) is 0 Å². The Balaban J connectivity index is 0.993. The number of rotatable bonds is 10. The van der Waals surface area contributed by atoms with Crippen molar-refractivity contribution >= 4 is 101 Å². The first-order valence-corrected chi connectivity index (χ1v) is 34.3. The van der Waals surface area contributed by atoms with Crippen LogP contribution in [0.15, 0.2) is 340 Å². The monoisotopic (exact) mass is 1260 g/mol. The zero-order valence-electron chi connectivity index (χ0n) is 55.1. The summed E-state index contributed by atoms with van der Waals surface area (Å²) in [6.07, 6.45) is 0.